The molecule has 0 saturated carbocycles. The normalized spacial score (nSPS) is 14.4. The van der Waals surface area contributed by atoms with Gasteiger partial charge < -0.3 is 10.2 Å². The molecule has 0 aromatic heterocycles. The van der Waals surface area contributed by atoms with Crippen LogP contribution in [-0.2, 0) is 0 Å². The molecule has 2 N–H and O–H groups in total. The van der Waals surface area contributed by atoms with Crippen molar-refractivity contribution in [3.05, 3.63) is 33.6 Å². The highest BCUT2D eigenvalue weighted by Crippen LogP contribution is 2.30. The maximum absolute atomic E-state index is 13.0. The summed E-state index contributed by atoms with van der Waals surface area (Å²) in [6, 6.07) is 3.40. The molecule has 3 nitrogen and oxygen atoms in total. The van der Waals surface area contributed by atoms with Crippen LogP contribution in [0.5, 0.6) is 0 Å². The molecule has 0 spiro atoms. The lowest BCUT2D eigenvalue weighted by molar-refractivity contribution is 0.0526. The summed E-state index contributed by atoms with van der Waals surface area (Å²) in [5, 5.41) is 26.6. The van der Waals surface area contributed by atoms with Gasteiger partial charge in [0.15, 0.2) is 6.10 Å². The van der Waals surface area contributed by atoms with Crippen molar-refractivity contribution in [3.63, 3.8) is 0 Å². The van der Waals surface area contributed by atoms with Crippen LogP contribution in [0.4, 0.5) is 4.39 Å². The molecular formula is C9H6Cl2FNO2. The summed E-state index contributed by atoms with van der Waals surface area (Å²) in [5.74, 6) is -0.778. The van der Waals surface area contributed by atoms with Crippen molar-refractivity contribution in [2.45, 2.75) is 12.2 Å². The number of rotatable bonds is 2. The van der Waals surface area contributed by atoms with Crippen LogP contribution in [0.1, 0.15) is 11.7 Å². The van der Waals surface area contributed by atoms with Crippen molar-refractivity contribution >= 4 is 23.2 Å². The van der Waals surface area contributed by atoms with Crippen LogP contribution in [0.25, 0.3) is 0 Å². The highest BCUT2D eigenvalue weighted by Gasteiger charge is 2.21. The first-order valence-corrected chi connectivity index (χ1v) is 4.63. The van der Waals surface area contributed by atoms with Crippen LogP contribution >= 0.6 is 23.2 Å². The van der Waals surface area contributed by atoms with Gasteiger partial charge in [-0.3, -0.25) is 0 Å². The molecule has 6 heteroatoms. The average molecular weight is 250 g/mol. The standard InChI is InChI=1S/C9H6Cl2FNO2/c10-5-2-6(11)7(12)1-4(5)9(15)8(14)3-13/h1-2,8-9,14-15H. The highest BCUT2D eigenvalue weighted by molar-refractivity contribution is 6.35. The number of nitriles is 1. The van der Waals surface area contributed by atoms with Crippen molar-refractivity contribution in [3.8, 4) is 6.07 Å². The topological polar surface area (TPSA) is 64.2 Å². The van der Waals surface area contributed by atoms with Crippen molar-refractivity contribution in [2.24, 2.45) is 0 Å². The Kier molecular flexibility index (Phi) is 3.89. The number of aliphatic hydroxyl groups excluding tert-OH is 2. The van der Waals surface area contributed by atoms with Gasteiger partial charge in [-0.1, -0.05) is 23.2 Å². The van der Waals surface area contributed by atoms with Crippen molar-refractivity contribution in [2.75, 3.05) is 0 Å². The van der Waals surface area contributed by atoms with Crippen molar-refractivity contribution in [1.82, 2.24) is 0 Å². The third-order valence-corrected chi connectivity index (χ3v) is 2.41. The third kappa shape index (κ3) is 2.58. The number of nitrogens with zero attached hydrogens (tertiary/aromatic N) is 1. The van der Waals surface area contributed by atoms with E-state index < -0.39 is 18.0 Å². The fourth-order valence-electron chi connectivity index (χ4n) is 1.01. The SMILES string of the molecule is N#CC(O)C(O)c1cc(F)c(Cl)cc1Cl. The highest BCUT2D eigenvalue weighted by atomic mass is 35.5. The van der Waals surface area contributed by atoms with E-state index in [1.165, 1.54) is 6.07 Å². The molecule has 0 radical (unpaired) electrons. The fraction of sp³-hybridized carbons (Fsp3) is 0.222. The minimum absolute atomic E-state index is 0.0109. The van der Waals surface area contributed by atoms with Crippen LogP contribution in [0.15, 0.2) is 12.1 Å². The van der Waals surface area contributed by atoms with Gasteiger partial charge in [0.2, 0.25) is 0 Å². The zero-order chi connectivity index (χ0) is 11.6. The fourth-order valence-corrected chi connectivity index (χ4v) is 1.50. The summed E-state index contributed by atoms with van der Waals surface area (Å²) >= 11 is 11.1. The molecule has 0 saturated heterocycles. The molecule has 0 heterocycles. The minimum Gasteiger partial charge on any atom is -0.384 e. The van der Waals surface area contributed by atoms with E-state index in [0.29, 0.717) is 0 Å². The number of hydrogen-bond acceptors (Lipinski definition) is 3. The van der Waals surface area contributed by atoms with Gasteiger partial charge in [-0.05, 0) is 12.1 Å². The first-order chi connectivity index (χ1) is 6.97. The smallest absolute Gasteiger partial charge is 0.170 e. The van der Waals surface area contributed by atoms with E-state index in [4.69, 9.17) is 33.6 Å². The van der Waals surface area contributed by atoms with Crippen LogP contribution in [0.3, 0.4) is 0 Å². The molecule has 1 aromatic rings. The van der Waals surface area contributed by atoms with Crippen LogP contribution in [0.2, 0.25) is 10.0 Å². The molecule has 0 amide bonds. The molecule has 0 fully saturated rings. The summed E-state index contributed by atoms with van der Waals surface area (Å²) in [5.41, 5.74) is -0.0763. The van der Waals surface area contributed by atoms with Gasteiger partial charge in [0, 0.05) is 10.6 Å². The Bertz CT molecular complexity index is 419. The van der Waals surface area contributed by atoms with E-state index in [1.54, 1.807) is 0 Å². The molecule has 0 aliphatic carbocycles. The van der Waals surface area contributed by atoms with Gasteiger partial charge in [-0.15, -0.1) is 0 Å². The summed E-state index contributed by atoms with van der Waals surface area (Å²) in [4.78, 5) is 0. The Balaban J connectivity index is 3.16. The monoisotopic (exact) mass is 249 g/mol. The predicted octanol–water partition coefficient (Wildman–Crippen LogP) is 2.05. The summed E-state index contributed by atoms with van der Waals surface area (Å²) in [7, 11) is 0. The second-order valence-corrected chi connectivity index (χ2v) is 3.62. The maximum atomic E-state index is 13.0. The van der Waals surface area contributed by atoms with E-state index in [1.807, 2.05) is 0 Å². The van der Waals surface area contributed by atoms with Gasteiger partial charge in [0.05, 0.1) is 11.1 Å². The van der Waals surface area contributed by atoms with Gasteiger partial charge in [-0.25, -0.2) is 4.39 Å². The Hall–Kier alpha value is -0.860. The van der Waals surface area contributed by atoms with Crippen LogP contribution < -0.4 is 0 Å². The van der Waals surface area contributed by atoms with E-state index >= 15 is 0 Å². The second kappa shape index (κ2) is 4.77. The van der Waals surface area contributed by atoms with E-state index in [0.717, 1.165) is 12.1 Å². The largest absolute Gasteiger partial charge is 0.384 e. The van der Waals surface area contributed by atoms with E-state index in [9.17, 15) is 9.50 Å². The zero-order valence-electron chi connectivity index (χ0n) is 7.28. The Morgan fingerprint density at radius 3 is 2.40 bits per heavy atom. The van der Waals surface area contributed by atoms with Crippen LogP contribution in [-0.4, -0.2) is 16.3 Å². The van der Waals surface area contributed by atoms with Gasteiger partial charge in [-0.2, -0.15) is 5.26 Å². The summed E-state index contributed by atoms with van der Waals surface area (Å²) in [6.45, 7) is 0. The molecule has 1 aromatic carbocycles. The first kappa shape index (κ1) is 12.2. The molecule has 80 valence electrons. The lowest BCUT2D eigenvalue weighted by Gasteiger charge is -2.14. The van der Waals surface area contributed by atoms with Gasteiger partial charge in [0.1, 0.15) is 11.9 Å². The molecule has 2 unspecified atom stereocenters. The van der Waals surface area contributed by atoms with E-state index in [-0.39, 0.29) is 15.6 Å². The zero-order valence-corrected chi connectivity index (χ0v) is 8.80. The summed E-state index contributed by atoms with van der Waals surface area (Å²) in [6.07, 6.45) is -3.22. The minimum atomic E-state index is -1.66. The van der Waals surface area contributed by atoms with Crippen molar-refractivity contribution in [1.29, 1.82) is 5.26 Å². The predicted molar refractivity (Wildman–Crippen MR) is 53.0 cm³/mol. The van der Waals surface area contributed by atoms with Crippen LogP contribution in [0, 0.1) is 17.1 Å². The Labute approximate surface area is 95.3 Å². The second-order valence-electron chi connectivity index (χ2n) is 2.81. The molecule has 0 aliphatic heterocycles. The number of aliphatic hydroxyl groups is 2. The van der Waals surface area contributed by atoms with Gasteiger partial charge >= 0.3 is 0 Å². The lowest BCUT2D eigenvalue weighted by Crippen LogP contribution is -2.16. The van der Waals surface area contributed by atoms with E-state index in [2.05, 4.69) is 0 Å². The molecule has 0 aliphatic rings. The molecule has 2 atom stereocenters. The number of hydrogen-bond donors (Lipinski definition) is 2. The third-order valence-electron chi connectivity index (χ3n) is 1.79. The molecule has 1 rings (SSSR count). The molecule has 15 heavy (non-hydrogen) atoms. The number of halogens is 3. The maximum Gasteiger partial charge on any atom is 0.170 e. The van der Waals surface area contributed by atoms with Gasteiger partial charge in [0.25, 0.3) is 0 Å². The van der Waals surface area contributed by atoms with Crippen molar-refractivity contribution < 1.29 is 14.6 Å². The Morgan fingerprint density at radius 2 is 1.87 bits per heavy atom. The Morgan fingerprint density at radius 1 is 1.27 bits per heavy atom. The first-order valence-electron chi connectivity index (χ1n) is 3.87. The lowest BCUT2D eigenvalue weighted by atomic mass is 10.1. The molecular weight excluding hydrogens is 244 g/mol. The average Bonchev–Trinajstić information content (AvgIpc) is 2.21. The molecule has 0 bridgehead atoms. The summed E-state index contributed by atoms with van der Waals surface area (Å²) < 4.78 is 13.0. The quantitative estimate of drug-likeness (QED) is 0.623. The number of benzene rings is 1.